The van der Waals surface area contributed by atoms with Crippen molar-refractivity contribution in [1.82, 2.24) is 5.32 Å². The van der Waals surface area contributed by atoms with E-state index >= 15 is 0 Å². The summed E-state index contributed by atoms with van der Waals surface area (Å²) < 4.78 is 45.9. The second-order valence-electron chi connectivity index (χ2n) is 10.3. The smallest absolute Gasteiger partial charge is 0.389 e. The summed E-state index contributed by atoms with van der Waals surface area (Å²) >= 11 is 0. The molecule has 3 amide bonds. The lowest BCUT2D eigenvalue weighted by molar-refractivity contribution is -0.144. The van der Waals surface area contributed by atoms with Gasteiger partial charge in [-0.1, -0.05) is 72.8 Å². The third-order valence-corrected chi connectivity index (χ3v) is 7.12. The fourth-order valence-corrected chi connectivity index (χ4v) is 4.96. The number of nitrogens with zero attached hydrogens (tertiary/aromatic N) is 1. The molecular formula is C31H29F3N4O4. The molecule has 0 saturated heterocycles. The number of benzene rings is 3. The number of nitrogens with two attached hydrogens (primary N) is 1. The van der Waals surface area contributed by atoms with E-state index in [1.807, 2.05) is 6.07 Å². The third kappa shape index (κ3) is 6.79. The lowest BCUT2D eigenvalue weighted by Gasteiger charge is -2.26. The molecule has 3 aromatic carbocycles. The SMILES string of the molecule is NC(=O)C(c1ccccc1)C(CCC(F)(F)F)C(=O)N[C@H]1N=C(c2ccccc2)c2cccc(OC3CC3)c2NC1=O. The van der Waals surface area contributed by atoms with Gasteiger partial charge < -0.3 is 21.1 Å². The van der Waals surface area contributed by atoms with Gasteiger partial charge in [-0.3, -0.25) is 14.4 Å². The largest absolute Gasteiger partial charge is 0.488 e. The molecule has 11 heteroatoms. The van der Waals surface area contributed by atoms with Crippen LogP contribution in [-0.4, -0.2) is 41.9 Å². The number of benzodiazepines with no additional fused rings is 1. The lowest BCUT2D eigenvalue weighted by Crippen LogP contribution is -2.47. The van der Waals surface area contributed by atoms with Crippen molar-refractivity contribution in [1.29, 1.82) is 0 Å². The van der Waals surface area contributed by atoms with Crippen LogP contribution in [0.15, 0.2) is 83.9 Å². The van der Waals surface area contributed by atoms with Crippen LogP contribution in [0.4, 0.5) is 18.9 Å². The lowest BCUT2D eigenvalue weighted by atomic mass is 9.81. The molecule has 8 nitrogen and oxygen atoms in total. The van der Waals surface area contributed by atoms with Crippen molar-refractivity contribution < 1.29 is 32.3 Å². The zero-order chi connectivity index (χ0) is 29.9. The van der Waals surface area contributed by atoms with E-state index in [1.54, 1.807) is 60.7 Å². The molecule has 1 aliphatic heterocycles. The van der Waals surface area contributed by atoms with E-state index in [2.05, 4.69) is 15.6 Å². The fraction of sp³-hybridized carbons (Fsp3) is 0.290. The maximum Gasteiger partial charge on any atom is 0.389 e. The number of para-hydroxylation sites is 1. The average molecular weight is 579 g/mol. The highest BCUT2D eigenvalue weighted by molar-refractivity contribution is 6.20. The van der Waals surface area contributed by atoms with Crippen LogP contribution in [-0.2, 0) is 14.4 Å². The standard InChI is InChI=1S/C31H29F3N4O4/c32-31(33,34)17-16-21(24(27(35)39)18-8-3-1-4-9-18)29(40)38-28-30(41)37-26-22(12-7-13-23(26)42-20-14-15-20)25(36-28)19-10-5-2-6-11-19/h1-13,20-21,24,28H,14-17H2,(H2,35,39)(H,37,41)(H,38,40)/t21?,24?,28-/m1/s1. The number of hydrogen-bond acceptors (Lipinski definition) is 5. The predicted molar refractivity (Wildman–Crippen MR) is 150 cm³/mol. The number of carbonyl (C=O) groups excluding carboxylic acids is 3. The molecule has 2 aliphatic rings. The minimum atomic E-state index is -4.59. The number of amides is 3. The zero-order valence-corrected chi connectivity index (χ0v) is 22.4. The second-order valence-corrected chi connectivity index (χ2v) is 10.3. The topological polar surface area (TPSA) is 123 Å². The molecule has 0 spiro atoms. The molecule has 0 aromatic heterocycles. The fourth-order valence-electron chi connectivity index (χ4n) is 4.96. The van der Waals surface area contributed by atoms with Crippen LogP contribution in [0.3, 0.4) is 0 Å². The van der Waals surface area contributed by atoms with Crippen molar-refractivity contribution in [2.45, 2.75) is 50.0 Å². The van der Waals surface area contributed by atoms with Gasteiger partial charge in [0.1, 0.15) is 5.75 Å². The number of anilines is 1. The number of ether oxygens (including phenoxy) is 1. The Morgan fingerprint density at radius 2 is 1.67 bits per heavy atom. The monoisotopic (exact) mass is 578 g/mol. The van der Waals surface area contributed by atoms with Crippen molar-refractivity contribution in [3.8, 4) is 5.75 Å². The quantitative estimate of drug-likeness (QED) is 0.323. The van der Waals surface area contributed by atoms with Crippen LogP contribution in [0.1, 0.15) is 48.3 Å². The van der Waals surface area contributed by atoms with Crippen LogP contribution in [0.2, 0.25) is 0 Å². The van der Waals surface area contributed by atoms with Gasteiger partial charge in [0, 0.05) is 17.5 Å². The average Bonchev–Trinajstić information content (AvgIpc) is 3.79. The maximum atomic E-state index is 13.7. The summed E-state index contributed by atoms with van der Waals surface area (Å²) in [5, 5.41) is 5.30. The molecule has 5 rings (SSSR count). The first kappa shape index (κ1) is 28.8. The van der Waals surface area contributed by atoms with Crippen LogP contribution in [0.25, 0.3) is 0 Å². The summed E-state index contributed by atoms with van der Waals surface area (Å²) in [5.74, 6) is -5.07. The Morgan fingerprint density at radius 1 is 1.00 bits per heavy atom. The first-order valence-corrected chi connectivity index (χ1v) is 13.6. The van der Waals surface area contributed by atoms with E-state index in [0.29, 0.717) is 33.8 Å². The number of primary amides is 1. The summed E-state index contributed by atoms with van der Waals surface area (Å²) in [6.45, 7) is 0. The highest BCUT2D eigenvalue weighted by atomic mass is 19.4. The van der Waals surface area contributed by atoms with Crippen LogP contribution in [0, 0.1) is 5.92 Å². The molecule has 1 heterocycles. The van der Waals surface area contributed by atoms with E-state index in [4.69, 9.17) is 10.5 Å². The van der Waals surface area contributed by atoms with Gasteiger partial charge >= 0.3 is 6.18 Å². The van der Waals surface area contributed by atoms with Crippen LogP contribution < -0.4 is 21.1 Å². The number of alkyl halides is 3. The normalized spacial score (nSPS) is 18.0. The number of hydrogen-bond donors (Lipinski definition) is 3. The molecule has 0 bridgehead atoms. The molecule has 4 N–H and O–H groups in total. The number of nitrogens with one attached hydrogen (secondary N) is 2. The Balaban J connectivity index is 1.51. The van der Waals surface area contributed by atoms with Gasteiger partial charge in [0.05, 0.1) is 29.3 Å². The molecular weight excluding hydrogens is 549 g/mol. The van der Waals surface area contributed by atoms with Gasteiger partial charge in [-0.25, -0.2) is 4.99 Å². The molecule has 218 valence electrons. The Hall–Kier alpha value is -4.67. The second kappa shape index (κ2) is 12.1. The molecule has 0 radical (unpaired) electrons. The zero-order valence-electron chi connectivity index (χ0n) is 22.4. The van der Waals surface area contributed by atoms with E-state index in [0.717, 1.165) is 12.8 Å². The summed E-state index contributed by atoms with van der Waals surface area (Å²) in [6, 6.07) is 22.1. The molecule has 42 heavy (non-hydrogen) atoms. The van der Waals surface area contributed by atoms with Gasteiger partial charge in [-0.2, -0.15) is 13.2 Å². The minimum Gasteiger partial charge on any atom is -0.488 e. The highest BCUT2D eigenvalue weighted by Crippen LogP contribution is 2.37. The van der Waals surface area contributed by atoms with E-state index in [9.17, 15) is 27.6 Å². The number of aliphatic imine (C=N–C) groups is 1. The number of fused-ring (bicyclic) bond motifs is 1. The minimum absolute atomic E-state index is 0.0300. The van der Waals surface area contributed by atoms with Crippen molar-refractivity contribution in [3.05, 3.63) is 95.6 Å². The summed E-state index contributed by atoms with van der Waals surface area (Å²) in [4.78, 5) is 44.3. The van der Waals surface area contributed by atoms with Gasteiger partial charge in [0.2, 0.25) is 18.0 Å². The summed E-state index contributed by atoms with van der Waals surface area (Å²) in [6.07, 6.45) is -6.36. The van der Waals surface area contributed by atoms with Gasteiger partial charge in [0.15, 0.2) is 0 Å². The first-order valence-electron chi connectivity index (χ1n) is 13.6. The predicted octanol–water partition coefficient (Wildman–Crippen LogP) is 4.69. The molecule has 1 fully saturated rings. The van der Waals surface area contributed by atoms with Crippen molar-refractivity contribution in [2.24, 2.45) is 16.6 Å². The molecule has 3 aromatic rings. The van der Waals surface area contributed by atoms with Crippen molar-refractivity contribution >= 4 is 29.1 Å². The van der Waals surface area contributed by atoms with E-state index < -0.39 is 54.7 Å². The molecule has 3 atom stereocenters. The van der Waals surface area contributed by atoms with E-state index in [1.165, 1.54) is 12.1 Å². The Kier molecular flexibility index (Phi) is 8.28. The number of carbonyl (C=O) groups is 3. The first-order chi connectivity index (χ1) is 20.1. The van der Waals surface area contributed by atoms with Crippen molar-refractivity contribution in [2.75, 3.05) is 5.32 Å². The summed E-state index contributed by atoms with van der Waals surface area (Å²) in [7, 11) is 0. The van der Waals surface area contributed by atoms with Gasteiger partial charge in [0.25, 0.3) is 5.91 Å². The van der Waals surface area contributed by atoms with Gasteiger partial charge in [-0.15, -0.1) is 0 Å². The summed E-state index contributed by atoms with van der Waals surface area (Å²) in [5.41, 5.74) is 7.87. The van der Waals surface area contributed by atoms with Crippen LogP contribution >= 0.6 is 0 Å². The molecule has 1 saturated carbocycles. The Morgan fingerprint density at radius 3 is 2.29 bits per heavy atom. The van der Waals surface area contributed by atoms with E-state index in [-0.39, 0.29) is 6.10 Å². The highest BCUT2D eigenvalue weighted by Gasteiger charge is 2.39. The number of halogens is 3. The molecule has 2 unspecified atom stereocenters. The Bertz CT molecular complexity index is 1490. The van der Waals surface area contributed by atoms with Crippen LogP contribution in [0.5, 0.6) is 5.75 Å². The number of rotatable bonds is 10. The molecule has 1 aliphatic carbocycles. The van der Waals surface area contributed by atoms with Crippen molar-refractivity contribution in [3.63, 3.8) is 0 Å². The Labute approximate surface area is 240 Å². The maximum absolute atomic E-state index is 13.7. The van der Waals surface area contributed by atoms with Gasteiger partial charge in [-0.05, 0) is 30.9 Å². The third-order valence-electron chi connectivity index (χ3n) is 7.12.